The van der Waals surface area contributed by atoms with Crippen molar-refractivity contribution in [2.45, 2.75) is 19.4 Å². The standard InChI is InChI=1S/C9H13N3O2/c1-2-8(5-13)12-9(14)7-3-10-6-11-4-7/h3-4,6,8,13H,2,5H2,1H3,(H,12,14). The number of rotatable bonds is 4. The topological polar surface area (TPSA) is 75.1 Å². The molecule has 1 amide bonds. The molecule has 0 bridgehead atoms. The van der Waals surface area contributed by atoms with Crippen LogP contribution in [0.5, 0.6) is 0 Å². The monoisotopic (exact) mass is 195 g/mol. The summed E-state index contributed by atoms with van der Waals surface area (Å²) in [5.41, 5.74) is 0.402. The van der Waals surface area contributed by atoms with Gasteiger partial charge in [0.15, 0.2) is 0 Å². The Morgan fingerprint density at radius 2 is 2.21 bits per heavy atom. The average molecular weight is 195 g/mol. The summed E-state index contributed by atoms with van der Waals surface area (Å²) in [7, 11) is 0. The van der Waals surface area contributed by atoms with E-state index in [9.17, 15) is 4.79 Å². The third kappa shape index (κ3) is 2.77. The highest BCUT2D eigenvalue weighted by Crippen LogP contribution is 1.96. The molecule has 1 heterocycles. The van der Waals surface area contributed by atoms with Gasteiger partial charge in [-0.05, 0) is 6.42 Å². The molecular weight excluding hydrogens is 182 g/mol. The minimum Gasteiger partial charge on any atom is -0.394 e. The van der Waals surface area contributed by atoms with Gasteiger partial charge in [-0.3, -0.25) is 4.79 Å². The number of aliphatic hydroxyl groups excluding tert-OH is 1. The van der Waals surface area contributed by atoms with Gasteiger partial charge in [0.1, 0.15) is 6.33 Å². The first-order valence-corrected chi connectivity index (χ1v) is 4.44. The summed E-state index contributed by atoms with van der Waals surface area (Å²) in [6, 6.07) is -0.206. The van der Waals surface area contributed by atoms with Gasteiger partial charge in [0.25, 0.3) is 5.91 Å². The van der Waals surface area contributed by atoms with Crippen LogP contribution < -0.4 is 5.32 Å². The second kappa shape index (κ2) is 5.29. The van der Waals surface area contributed by atoms with Crippen LogP contribution in [-0.2, 0) is 0 Å². The van der Waals surface area contributed by atoms with E-state index in [1.165, 1.54) is 18.7 Å². The Morgan fingerprint density at radius 1 is 1.57 bits per heavy atom. The van der Waals surface area contributed by atoms with Crippen LogP contribution in [0.3, 0.4) is 0 Å². The summed E-state index contributed by atoms with van der Waals surface area (Å²) in [5, 5.41) is 11.5. The smallest absolute Gasteiger partial charge is 0.254 e. The lowest BCUT2D eigenvalue weighted by atomic mass is 10.2. The van der Waals surface area contributed by atoms with Crippen LogP contribution >= 0.6 is 0 Å². The Labute approximate surface area is 82.2 Å². The highest BCUT2D eigenvalue weighted by Gasteiger charge is 2.10. The zero-order valence-corrected chi connectivity index (χ0v) is 7.97. The zero-order valence-electron chi connectivity index (χ0n) is 7.97. The number of carbonyl (C=O) groups is 1. The van der Waals surface area contributed by atoms with Crippen LogP contribution in [0, 0.1) is 0 Å². The number of amides is 1. The number of nitrogens with zero attached hydrogens (tertiary/aromatic N) is 2. The Hall–Kier alpha value is -1.49. The largest absolute Gasteiger partial charge is 0.394 e. The quantitative estimate of drug-likeness (QED) is 0.707. The first kappa shape index (κ1) is 10.6. The van der Waals surface area contributed by atoms with Gasteiger partial charge in [0.2, 0.25) is 0 Å². The predicted molar refractivity (Wildman–Crippen MR) is 50.7 cm³/mol. The van der Waals surface area contributed by atoms with Crippen LogP contribution in [0.4, 0.5) is 0 Å². The molecule has 1 atom stereocenters. The van der Waals surface area contributed by atoms with Gasteiger partial charge in [-0.1, -0.05) is 6.92 Å². The van der Waals surface area contributed by atoms with Crippen molar-refractivity contribution >= 4 is 5.91 Å². The SMILES string of the molecule is CCC(CO)NC(=O)c1cncnc1. The van der Waals surface area contributed by atoms with E-state index in [4.69, 9.17) is 5.11 Å². The molecule has 0 aliphatic carbocycles. The summed E-state index contributed by atoms with van der Waals surface area (Å²) >= 11 is 0. The van der Waals surface area contributed by atoms with Crippen molar-refractivity contribution in [2.24, 2.45) is 0 Å². The van der Waals surface area contributed by atoms with E-state index in [-0.39, 0.29) is 18.6 Å². The van der Waals surface area contributed by atoms with Crippen molar-refractivity contribution in [1.82, 2.24) is 15.3 Å². The van der Waals surface area contributed by atoms with Crippen LogP contribution in [-0.4, -0.2) is 33.6 Å². The molecule has 0 aliphatic heterocycles. The molecule has 0 spiro atoms. The van der Waals surface area contributed by atoms with E-state index in [1.54, 1.807) is 0 Å². The molecule has 0 aromatic carbocycles. The van der Waals surface area contributed by atoms with Crippen LogP contribution in [0.1, 0.15) is 23.7 Å². The molecule has 0 fully saturated rings. The zero-order chi connectivity index (χ0) is 10.4. The van der Waals surface area contributed by atoms with Crippen LogP contribution in [0.15, 0.2) is 18.7 Å². The molecule has 1 aromatic rings. The van der Waals surface area contributed by atoms with Crippen molar-refractivity contribution in [1.29, 1.82) is 0 Å². The Morgan fingerprint density at radius 3 is 2.71 bits per heavy atom. The molecule has 1 aromatic heterocycles. The van der Waals surface area contributed by atoms with E-state index in [2.05, 4.69) is 15.3 Å². The van der Waals surface area contributed by atoms with Gasteiger partial charge in [-0.2, -0.15) is 0 Å². The molecule has 76 valence electrons. The maximum absolute atomic E-state index is 11.5. The summed E-state index contributed by atoms with van der Waals surface area (Å²) in [6.45, 7) is 1.83. The third-order valence-corrected chi connectivity index (χ3v) is 1.87. The van der Waals surface area contributed by atoms with E-state index < -0.39 is 0 Å². The molecule has 2 N–H and O–H groups in total. The van der Waals surface area contributed by atoms with E-state index in [0.717, 1.165) is 0 Å². The fraction of sp³-hybridized carbons (Fsp3) is 0.444. The molecule has 0 aliphatic rings. The minimum absolute atomic E-state index is 0.0596. The molecule has 0 saturated carbocycles. The van der Waals surface area contributed by atoms with Crippen molar-refractivity contribution < 1.29 is 9.90 Å². The Kier molecular flexibility index (Phi) is 4.00. The maximum Gasteiger partial charge on any atom is 0.254 e. The molecule has 14 heavy (non-hydrogen) atoms. The number of carbonyl (C=O) groups excluding carboxylic acids is 1. The van der Waals surface area contributed by atoms with Crippen LogP contribution in [0.2, 0.25) is 0 Å². The number of aromatic nitrogens is 2. The first-order chi connectivity index (χ1) is 6.77. The predicted octanol–water partition coefficient (Wildman–Crippen LogP) is -0.0227. The molecule has 0 radical (unpaired) electrons. The van der Waals surface area contributed by atoms with Gasteiger partial charge >= 0.3 is 0 Å². The molecule has 5 heteroatoms. The van der Waals surface area contributed by atoms with Crippen molar-refractivity contribution in [3.8, 4) is 0 Å². The van der Waals surface area contributed by atoms with Crippen molar-refractivity contribution in [3.63, 3.8) is 0 Å². The first-order valence-electron chi connectivity index (χ1n) is 4.44. The molecular formula is C9H13N3O2. The van der Waals surface area contributed by atoms with Crippen molar-refractivity contribution in [2.75, 3.05) is 6.61 Å². The third-order valence-electron chi connectivity index (χ3n) is 1.87. The Balaban J connectivity index is 2.59. The highest BCUT2D eigenvalue weighted by molar-refractivity contribution is 5.93. The lowest BCUT2D eigenvalue weighted by molar-refractivity contribution is 0.0914. The van der Waals surface area contributed by atoms with E-state index in [0.29, 0.717) is 12.0 Å². The molecule has 5 nitrogen and oxygen atoms in total. The van der Waals surface area contributed by atoms with Gasteiger partial charge in [-0.25, -0.2) is 9.97 Å². The summed E-state index contributed by atoms with van der Waals surface area (Å²) in [5.74, 6) is -0.258. The fourth-order valence-electron chi connectivity index (χ4n) is 0.962. The van der Waals surface area contributed by atoms with Crippen molar-refractivity contribution in [3.05, 3.63) is 24.3 Å². The molecule has 1 unspecified atom stereocenters. The fourth-order valence-corrected chi connectivity index (χ4v) is 0.962. The number of nitrogens with one attached hydrogen (secondary N) is 1. The summed E-state index contributed by atoms with van der Waals surface area (Å²) in [6.07, 6.45) is 4.93. The number of hydrogen-bond donors (Lipinski definition) is 2. The number of hydrogen-bond acceptors (Lipinski definition) is 4. The van der Waals surface area contributed by atoms with Gasteiger partial charge in [0, 0.05) is 12.4 Å². The number of aliphatic hydroxyl groups is 1. The maximum atomic E-state index is 11.5. The van der Waals surface area contributed by atoms with Gasteiger partial charge in [-0.15, -0.1) is 0 Å². The van der Waals surface area contributed by atoms with E-state index >= 15 is 0 Å². The van der Waals surface area contributed by atoms with Crippen LogP contribution in [0.25, 0.3) is 0 Å². The summed E-state index contributed by atoms with van der Waals surface area (Å²) in [4.78, 5) is 18.9. The highest BCUT2D eigenvalue weighted by atomic mass is 16.3. The average Bonchev–Trinajstić information content (AvgIpc) is 2.26. The second-order valence-electron chi connectivity index (χ2n) is 2.89. The van der Waals surface area contributed by atoms with Gasteiger partial charge in [0.05, 0.1) is 18.2 Å². The lowest BCUT2D eigenvalue weighted by Crippen LogP contribution is -2.36. The molecule has 0 saturated heterocycles. The lowest BCUT2D eigenvalue weighted by Gasteiger charge is -2.13. The normalized spacial score (nSPS) is 12.1. The van der Waals surface area contributed by atoms with E-state index in [1.807, 2.05) is 6.92 Å². The minimum atomic E-state index is -0.258. The second-order valence-corrected chi connectivity index (χ2v) is 2.89. The summed E-state index contributed by atoms with van der Waals surface area (Å²) < 4.78 is 0. The Bertz CT molecular complexity index is 285. The van der Waals surface area contributed by atoms with Gasteiger partial charge < -0.3 is 10.4 Å². The molecule has 1 rings (SSSR count).